The Kier molecular flexibility index (Phi) is 5.35. The van der Waals surface area contributed by atoms with E-state index in [0.29, 0.717) is 0 Å². The summed E-state index contributed by atoms with van der Waals surface area (Å²) in [6.45, 7) is 0.937. The molecule has 0 radical (unpaired) electrons. The summed E-state index contributed by atoms with van der Waals surface area (Å²) < 4.78 is 25.3. The Bertz CT molecular complexity index is 515. The molecule has 0 aliphatic carbocycles. The standard InChI is InChI=1S/C13H18N2O2S/c1-4-11-15(3)18(16,17)13-7-5-12(6-8-13)9-10-14-2/h1,5-8,14H,9-11H2,2-3H3. The Morgan fingerprint density at radius 2 is 1.94 bits per heavy atom. The minimum absolute atomic E-state index is 0.0733. The predicted molar refractivity (Wildman–Crippen MR) is 72.7 cm³/mol. The van der Waals surface area contributed by atoms with Crippen LogP contribution in [0.1, 0.15) is 5.56 Å². The highest BCUT2D eigenvalue weighted by molar-refractivity contribution is 7.89. The first-order valence-electron chi connectivity index (χ1n) is 5.65. The molecule has 0 saturated heterocycles. The molecule has 1 aromatic rings. The average molecular weight is 266 g/mol. The maximum Gasteiger partial charge on any atom is 0.243 e. The quantitative estimate of drug-likeness (QED) is 0.771. The van der Waals surface area contributed by atoms with Gasteiger partial charge in [-0.25, -0.2) is 8.42 Å². The van der Waals surface area contributed by atoms with Crippen molar-refractivity contribution in [1.29, 1.82) is 0 Å². The van der Waals surface area contributed by atoms with Gasteiger partial charge in [-0.1, -0.05) is 18.1 Å². The summed E-state index contributed by atoms with van der Waals surface area (Å²) in [5.41, 5.74) is 1.10. The molecule has 98 valence electrons. The molecule has 0 spiro atoms. The monoisotopic (exact) mass is 266 g/mol. The van der Waals surface area contributed by atoms with Crippen LogP contribution in [0.5, 0.6) is 0 Å². The number of nitrogens with zero attached hydrogens (tertiary/aromatic N) is 1. The van der Waals surface area contributed by atoms with Crippen molar-refractivity contribution in [3.05, 3.63) is 29.8 Å². The summed E-state index contributed by atoms with van der Waals surface area (Å²) in [5, 5.41) is 3.05. The first-order valence-corrected chi connectivity index (χ1v) is 7.09. The first kappa shape index (κ1) is 14.7. The molecule has 1 N–H and O–H groups in total. The highest BCUT2D eigenvalue weighted by Gasteiger charge is 2.19. The fourth-order valence-electron chi connectivity index (χ4n) is 1.49. The predicted octanol–water partition coefficient (Wildman–Crippen LogP) is 0.702. The lowest BCUT2D eigenvalue weighted by Crippen LogP contribution is -2.27. The van der Waals surface area contributed by atoms with Crippen molar-refractivity contribution in [3.8, 4) is 12.3 Å². The van der Waals surface area contributed by atoms with Crippen LogP contribution in [0.15, 0.2) is 29.2 Å². The second-order valence-corrected chi connectivity index (χ2v) is 6.01. The molecule has 1 rings (SSSR count). The van der Waals surface area contributed by atoms with E-state index in [2.05, 4.69) is 11.2 Å². The summed E-state index contributed by atoms with van der Waals surface area (Å²) >= 11 is 0. The number of hydrogen-bond acceptors (Lipinski definition) is 3. The summed E-state index contributed by atoms with van der Waals surface area (Å²) in [7, 11) is -0.104. The van der Waals surface area contributed by atoms with Gasteiger partial charge in [0.15, 0.2) is 0 Å². The maximum atomic E-state index is 12.1. The summed E-state index contributed by atoms with van der Waals surface area (Å²) in [6, 6.07) is 6.89. The van der Waals surface area contributed by atoms with Gasteiger partial charge >= 0.3 is 0 Å². The van der Waals surface area contributed by atoms with Gasteiger partial charge in [0, 0.05) is 7.05 Å². The molecule has 0 fully saturated rings. The number of benzene rings is 1. The van der Waals surface area contributed by atoms with Crippen LogP contribution in [-0.2, 0) is 16.4 Å². The van der Waals surface area contributed by atoms with Gasteiger partial charge in [-0.3, -0.25) is 0 Å². The zero-order chi connectivity index (χ0) is 13.6. The lowest BCUT2D eigenvalue weighted by atomic mass is 10.1. The van der Waals surface area contributed by atoms with Crippen molar-refractivity contribution in [2.45, 2.75) is 11.3 Å². The topological polar surface area (TPSA) is 49.4 Å². The van der Waals surface area contributed by atoms with E-state index in [0.717, 1.165) is 22.8 Å². The van der Waals surface area contributed by atoms with Gasteiger partial charge in [0.05, 0.1) is 11.4 Å². The van der Waals surface area contributed by atoms with Gasteiger partial charge in [0.1, 0.15) is 0 Å². The zero-order valence-corrected chi connectivity index (χ0v) is 11.5. The van der Waals surface area contributed by atoms with Crippen molar-refractivity contribution < 1.29 is 8.42 Å². The number of terminal acetylenes is 1. The Morgan fingerprint density at radius 3 is 2.44 bits per heavy atom. The zero-order valence-electron chi connectivity index (χ0n) is 10.7. The molecule has 0 aromatic heterocycles. The molecule has 1 aromatic carbocycles. The van der Waals surface area contributed by atoms with Gasteiger partial charge in [0.2, 0.25) is 10.0 Å². The maximum absolute atomic E-state index is 12.1. The highest BCUT2D eigenvalue weighted by atomic mass is 32.2. The fourth-order valence-corrected chi connectivity index (χ4v) is 2.58. The van der Waals surface area contributed by atoms with Crippen LogP contribution in [0.4, 0.5) is 0 Å². The number of hydrogen-bond donors (Lipinski definition) is 1. The summed E-state index contributed by atoms with van der Waals surface area (Å²) in [5.74, 6) is 2.32. The second kappa shape index (κ2) is 6.55. The Hall–Kier alpha value is -1.35. The fraction of sp³-hybridized carbons (Fsp3) is 0.385. The molecule has 4 nitrogen and oxygen atoms in total. The molecule has 0 unspecified atom stereocenters. The smallest absolute Gasteiger partial charge is 0.243 e. The van der Waals surface area contributed by atoms with Crippen molar-refractivity contribution in [2.24, 2.45) is 0 Å². The van der Waals surface area contributed by atoms with Gasteiger partial charge in [-0.2, -0.15) is 4.31 Å². The summed E-state index contributed by atoms with van der Waals surface area (Å²) in [4.78, 5) is 0.272. The summed E-state index contributed by atoms with van der Waals surface area (Å²) in [6.07, 6.45) is 5.99. The lowest BCUT2D eigenvalue weighted by Gasteiger charge is -2.14. The Balaban J connectivity index is 2.88. The van der Waals surface area contributed by atoms with Gasteiger partial charge in [0.25, 0.3) is 0 Å². The Labute approximate surface area is 109 Å². The van der Waals surface area contributed by atoms with E-state index in [1.807, 2.05) is 19.2 Å². The first-order chi connectivity index (χ1) is 8.52. The SMILES string of the molecule is C#CCN(C)S(=O)(=O)c1ccc(CCNC)cc1. The van der Waals surface area contributed by atoms with Crippen molar-refractivity contribution in [2.75, 3.05) is 27.2 Å². The van der Waals surface area contributed by atoms with Crippen LogP contribution >= 0.6 is 0 Å². The van der Waals surface area contributed by atoms with Gasteiger partial charge in [-0.15, -0.1) is 6.42 Å². The third-order valence-corrected chi connectivity index (χ3v) is 4.43. The van der Waals surface area contributed by atoms with Crippen LogP contribution in [0.3, 0.4) is 0 Å². The van der Waals surface area contributed by atoms with E-state index in [1.54, 1.807) is 12.1 Å². The number of nitrogens with one attached hydrogen (secondary N) is 1. The molecule has 0 bridgehead atoms. The van der Waals surface area contributed by atoms with E-state index in [1.165, 1.54) is 7.05 Å². The molecule has 0 aliphatic heterocycles. The van der Waals surface area contributed by atoms with Gasteiger partial charge in [-0.05, 0) is 37.7 Å². The third kappa shape index (κ3) is 3.57. The number of rotatable bonds is 6. The largest absolute Gasteiger partial charge is 0.319 e. The van der Waals surface area contributed by atoms with Crippen LogP contribution < -0.4 is 5.32 Å². The molecule has 0 aliphatic rings. The number of likely N-dealkylation sites (N-methyl/N-ethyl adjacent to an activating group) is 1. The average Bonchev–Trinajstić information content (AvgIpc) is 2.37. The molecular weight excluding hydrogens is 248 g/mol. The van der Waals surface area contributed by atoms with E-state index in [9.17, 15) is 8.42 Å². The number of sulfonamides is 1. The van der Waals surface area contributed by atoms with Crippen LogP contribution in [-0.4, -0.2) is 39.9 Å². The molecule has 0 heterocycles. The highest BCUT2D eigenvalue weighted by Crippen LogP contribution is 2.15. The second-order valence-electron chi connectivity index (χ2n) is 3.96. The van der Waals surface area contributed by atoms with Crippen LogP contribution in [0.25, 0.3) is 0 Å². The van der Waals surface area contributed by atoms with E-state index in [-0.39, 0.29) is 11.4 Å². The molecule has 0 amide bonds. The molecule has 0 atom stereocenters. The Morgan fingerprint density at radius 1 is 1.33 bits per heavy atom. The van der Waals surface area contributed by atoms with Gasteiger partial charge < -0.3 is 5.32 Å². The van der Waals surface area contributed by atoms with Crippen molar-refractivity contribution in [1.82, 2.24) is 9.62 Å². The molecule has 5 heteroatoms. The molecule has 18 heavy (non-hydrogen) atoms. The minimum atomic E-state index is -3.46. The third-order valence-electron chi connectivity index (χ3n) is 2.61. The van der Waals surface area contributed by atoms with E-state index < -0.39 is 10.0 Å². The van der Waals surface area contributed by atoms with Crippen molar-refractivity contribution >= 4 is 10.0 Å². The van der Waals surface area contributed by atoms with E-state index in [4.69, 9.17) is 6.42 Å². The normalized spacial score (nSPS) is 11.4. The molecule has 0 saturated carbocycles. The van der Waals surface area contributed by atoms with E-state index >= 15 is 0 Å². The van der Waals surface area contributed by atoms with Crippen LogP contribution in [0.2, 0.25) is 0 Å². The lowest BCUT2D eigenvalue weighted by molar-refractivity contribution is 0.503. The molecular formula is C13H18N2O2S. The minimum Gasteiger partial charge on any atom is -0.319 e. The van der Waals surface area contributed by atoms with Crippen molar-refractivity contribution in [3.63, 3.8) is 0 Å². The van der Waals surface area contributed by atoms with Crippen LogP contribution in [0, 0.1) is 12.3 Å².